The Labute approximate surface area is 111 Å². The van der Waals surface area contributed by atoms with Crippen LogP contribution in [-0.4, -0.2) is 10.5 Å². The fourth-order valence-corrected chi connectivity index (χ4v) is 1.83. The maximum Gasteiger partial charge on any atom is 0.106 e. The molecule has 0 aliphatic carbocycles. The maximum absolute atomic E-state index is 5.70. The number of thiocarbonyl (C=S) groups is 1. The molecule has 1 rings (SSSR count). The average Bonchev–Trinajstić information content (AvgIpc) is 2.16. The molecule has 0 aliphatic heterocycles. The lowest BCUT2D eigenvalue weighted by molar-refractivity contribution is 0.547. The summed E-state index contributed by atoms with van der Waals surface area (Å²) in [4.78, 5) is 0.418. The van der Waals surface area contributed by atoms with E-state index >= 15 is 0 Å². The molecule has 0 heterocycles. The lowest BCUT2D eigenvalue weighted by Gasteiger charge is -2.27. The van der Waals surface area contributed by atoms with Crippen molar-refractivity contribution in [3.63, 3.8) is 0 Å². The van der Waals surface area contributed by atoms with Crippen LogP contribution in [0.15, 0.2) is 22.7 Å². The molecule has 1 aromatic rings. The number of halogens is 1. The Balaban J connectivity index is 3.10. The molecular weight excluding hydrogens is 284 g/mol. The second kappa shape index (κ2) is 5.15. The molecule has 3 N–H and O–H groups in total. The van der Waals surface area contributed by atoms with Crippen LogP contribution in [0.4, 0.5) is 5.69 Å². The smallest absolute Gasteiger partial charge is 0.106 e. The molecule has 1 aromatic carbocycles. The summed E-state index contributed by atoms with van der Waals surface area (Å²) in [6, 6.07) is 5.88. The van der Waals surface area contributed by atoms with E-state index in [1.54, 1.807) is 0 Å². The summed E-state index contributed by atoms with van der Waals surface area (Å²) in [5.74, 6) is 0. The van der Waals surface area contributed by atoms with Crippen molar-refractivity contribution < 1.29 is 0 Å². The van der Waals surface area contributed by atoms with Gasteiger partial charge in [-0.3, -0.25) is 0 Å². The van der Waals surface area contributed by atoms with Gasteiger partial charge in [0.1, 0.15) is 4.99 Å². The van der Waals surface area contributed by atoms with E-state index in [4.69, 9.17) is 18.0 Å². The number of nitrogens with one attached hydrogen (secondary N) is 1. The summed E-state index contributed by atoms with van der Waals surface area (Å²) < 4.78 is 1.02. The first-order valence-corrected chi connectivity index (χ1v) is 6.43. The minimum absolute atomic E-state index is 0.0281. The summed E-state index contributed by atoms with van der Waals surface area (Å²) >= 11 is 8.49. The Morgan fingerprint density at radius 2 is 2.12 bits per heavy atom. The van der Waals surface area contributed by atoms with Gasteiger partial charge < -0.3 is 11.1 Å². The number of anilines is 1. The van der Waals surface area contributed by atoms with E-state index in [9.17, 15) is 0 Å². The molecule has 0 radical (unpaired) electrons. The SMILES string of the molecule is CCC(C)(C)Nc1cc(Br)ccc1C(N)=S. The Morgan fingerprint density at radius 1 is 1.50 bits per heavy atom. The zero-order valence-corrected chi connectivity index (χ0v) is 12.2. The topological polar surface area (TPSA) is 38.0 Å². The fraction of sp³-hybridized carbons (Fsp3) is 0.417. The summed E-state index contributed by atoms with van der Waals surface area (Å²) in [5, 5.41) is 3.46. The van der Waals surface area contributed by atoms with E-state index in [-0.39, 0.29) is 5.54 Å². The van der Waals surface area contributed by atoms with Crippen LogP contribution in [-0.2, 0) is 0 Å². The second-order valence-corrected chi connectivity index (χ2v) is 5.77. The van der Waals surface area contributed by atoms with Crippen molar-refractivity contribution in [2.75, 3.05) is 5.32 Å². The van der Waals surface area contributed by atoms with Crippen LogP contribution in [0.3, 0.4) is 0 Å². The molecule has 0 aromatic heterocycles. The van der Waals surface area contributed by atoms with Gasteiger partial charge in [-0.1, -0.05) is 35.1 Å². The molecule has 0 bridgehead atoms. The van der Waals surface area contributed by atoms with Crippen molar-refractivity contribution in [3.8, 4) is 0 Å². The van der Waals surface area contributed by atoms with Crippen LogP contribution in [0.1, 0.15) is 32.8 Å². The lowest BCUT2D eigenvalue weighted by atomic mass is 10.0. The fourth-order valence-electron chi connectivity index (χ4n) is 1.29. The third kappa shape index (κ3) is 3.46. The van der Waals surface area contributed by atoms with Gasteiger partial charge in [0.2, 0.25) is 0 Å². The van der Waals surface area contributed by atoms with Crippen molar-refractivity contribution in [1.82, 2.24) is 0 Å². The van der Waals surface area contributed by atoms with Gasteiger partial charge in [-0.25, -0.2) is 0 Å². The van der Waals surface area contributed by atoms with Gasteiger partial charge in [0.05, 0.1) is 0 Å². The molecule has 0 atom stereocenters. The Hall–Kier alpha value is -0.610. The van der Waals surface area contributed by atoms with Gasteiger partial charge >= 0.3 is 0 Å². The van der Waals surface area contributed by atoms with Crippen molar-refractivity contribution >= 4 is 38.8 Å². The largest absolute Gasteiger partial charge is 0.389 e. The summed E-state index contributed by atoms with van der Waals surface area (Å²) in [7, 11) is 0. The van der Waals surface area contributed by atoms with E-state index in [0.29, 0.717) is 4.99 Å². The summed E-state index contributed by atoms with van der Waals surface area (Å²) in [5.41, 5.74) is 7.60. The normalized spacial score (nSPS) is 11.2. The Bertz CT molecular complexity index is 402. The average molecular weight is 301 g/mol. The van der Waals surface area contributed by atoms with E-state index in [2.05, 4.69) is 42.0 Å². The highest BCUT2D eigenvalue weighted by atomic mass is 79.9. The maximum atomic E-state index is 5.70. The first kappa shape index (κ1) is 13.5. The molecule has 88 valence electrons. The van der Waals surface area contributed by atoms with Gasteiger partial charge in [-0.05, 0) is 38.5 Å². The van der Waals surface area contributed by atoms with E-state index in [1.165, 1.54) is 0 Å². The molecule has 0 spiro atoms. The minimum Gasteiger partial charge on any atom is -0.389 e. The van der Waals surface area contributed by atoms with Crippen LogP contribution in [0, 0.1) is 0 Å². The molecule has 16 heavy (non-hydrogen) atoms. The van der Waals surface area contributed by atoms with Crippen LogP contribution in [0.25, 0.3) is 0 Å². The van der Waals surface area contributed by atoms with Crippen LogP contribution < -0.4 is 11.1 Å². The molecule has 0 unspecified atom stereocenters. The third-order valence-electron chi connectivity index (χ3n) is 2.60. The number of nitrogens with two attached hydrogens (primary N) is 1. The van der Waals surface area contributed by atoms with Crippen molar-refractivity contribution in [3.05, 3.63) is 28.2 Å². The van der Waals surface area contributed by atoms with E-state index in [1.807, 2.05) is 18.2 Å². The van der Waals surface area contributed by atoms with E-state index in [0.717, 1.165) is 22.1 Å². The third-order valence-corrected chi connectivity index (χ3v) is 3.32. The zero-order chi connectivity index (χ0) is 12.3. The van der Waals surface area contributed by atoms with Crippen molar-refractivity contribution in [2.24, 2.45) is 5.73 Å². The minimum atomic E-state index is 0.0281. The number of hydrogen-bond acceptors (Lipinski definition) is 2. The molecule has 0 saturated heterocycles. The van der Waals surface area contributed by atoms with Crippen molar-refractivity contribution in [1.29, 1.82) is 0 Å². The molecule has 4 heteroatoms. The van der Waals surface area contributed by atoms with Crippen LogP contribution in [0.5, 0.6) is 0 Å². The highest BCUT2D eigenvalue weighted by Gasteiger charge is 2.17. The highest BCUT2D eigenvalue weighted by Crippen LogP contribution is 2.25. The van der Waals surface area contributed by atoms with Gasteiger partial charge in [0.15, 0.2) is 0 Å². The monoisotopic (exact) mass is 300 g/mol. The number of benzene rings is 1. The van der Waals surface area contributed by atoms with Gasteiger partial charge in [-0.2, -0.15) is 0 Å². The molecule has 0 amide bonds. The predicted molar refractivity (Wildman–Crippen MR) is 78.0 cm³/mol. The van der Waals surface area contributed by atoms with Crippen LogP contribution in [0.2, 0.25) is 0 Å². The lowest BCUT2D eigenvalue weighted by Crippen LogP contribution is -2.31. The quantitative estimate of drug-likeness (QED) is 0.833. The first-order chi connectivity index (χ1) is 7.35. The first-order valence-electron chi connectivity index (χ1n) is 5.23. The van der Waals surface area contributed by atoms with Gasteiger partial charge in [-0.15, -0.1) is 0 Å². The summed E-state index contributed by atoms with van der Waals surface area (Å²) in [6.45, 7) is 6.44. The standard InChI is InChI=1S/C12H17BrN2S/c1-4-12(2,3)15-10-7-8(13)5-6-9(10)11(14)16/h5-7,15H,4H2,1-3H3,(H2,14,16). The molecule has 2 nitrogen and oxygen atoms in total. The zero-order valence-electron chi connectivity index (χ0n) is 9.80. The molecular formula is C12H17BrN2S. The predicted octanol–water partition coefficient (Wildman–Crippen LogP) is 3.68. The van der Waals surface area contributed by atoms with E-state index < -0.39 is 0 Å². The number of hydrogen-bond donors (Lipinski definition) is 2. The number of rotatable bonds is 4. The highest BCUT2D eigenvalue weighted by molar-refractivity contribution is 9.10. The second-order valence-electron chi connectivity index (χ2n) is 4.42. The summed E-state index contributed by atoms with van der Waals surface area (Å²) in [6.07, 6.45) is 1.02. The Morgan fingerprint density at radius 3 is 2.62 bits per heavy atom. The van der Waals surface area contributed by atoms with Gasteiger partial charge in [0, 0.05) is 21.3 Å². The van der Waals surface area contributed by atoms with Gasteiger partial charge in [0.25, 0.3) is 0 Å². The molecule has 0 saturated carbocycles. The van der Waals surface area contributed by atoms with Crippen molar-refractivity contribution in [2.45, 2.75) is 32.7 Å². The molecule has 0 aliphatic rings. The van der Waals surface area contributed by atoms with Crippen LogP contribution >= 0.6 is 28.1 Å². The molecule has 0 fully saturated rings. The Kier molecular flexibility index (Phi) is 4.33.